The van der Waals surface area contributed by atoms with Gasteiger partial charge in [-0.15, -0.1) is 0 Å². The van der Waals surface area contributed by atoms with Gasteiger partial charge in [-0.2, -0.15) is 0 Å². The second-order valence-electron chi connectivity index (χ2n) is 2.99. The number of carboxylic acids is 1. The fourth-order valence-corrected chi connectivity index (χ4v) is 1.05. The predicted octanol–water partition coefficient (Wildman–Crippen LogP) is 0.215. The summed E-state index contributed by atoms with van der Waals surface area (Å²) in [4.78, 5) is 25.3. The van der Waals surface area contributed by atoms with E-state index < -0.39 is 5.97 Å². The molecule has 1 heterocycles. The summed E-state index contributed by atoms with van der Waals surface area (Å²) in [7, 11) is 0. The zero-order valence-electron chi connectivity index (χ0n) is 8.14. The average Bonchev–Trinajstić information content (AvgIpc) is 2.25. The van der Waals surface area contributed by atoms with E-state index in [0.717, 1.165) is 5.69 Å². The van der Waals surface area contributed by atoms with Gasteiger partial charge in [0.05, 0.1) is 0 Å². The Kier molecular flexibility index (Phi) is 4.28. The predicted molar refractivity (Wildman–Crippen MR) is 53.2 cm³/mol. The van der Waals surface area contributed by atoms with Crippen molar-refractivity contribution in [1.29, 1.82) is 0 Å². The van der Waals surface area contributed by atoms with Crippen LogP contribution in [0.3, 0.4) is 0 Å². The molecular weight excluding hydrogens is 196 g/mol. The summed E-state index contributed by atoms with van der Waals surface area (Å²) in [5.41, 5.74) is 0.822. The molecular formula is C10H12N2O3. The van der Waals surface area contributed by atoms with E-state index in [0.29, 0.717) is 6.42 Å². The Hall–Kier alpha value is -1.91. The summed E-state index contributed by atoms with van der Waals surface area (Å²) in [6.45, 7) is -0.332. The minimum Gasteiger partial charge on any atom is -0.480 e. The molecule has 80 valence electrons. The van der Waals surface area contributed by atoms with Crippen LogP contribution in [0.1, 0.15) is 12.1 Å². The zero-order chi connectivity index (χ0) is 11.1. The highest BCUT2D eigenvalue weighted by Crippen LogP contribution is 1.97. The number of carboxylic acid groups (broad SMARTS) is 1. The van der Waals surface area contributed by atoms with Crippen LogP contribution in [0.2, 0.25) is 0 Å². The molecule has 1 amide bonds. The van der Waals surface area contributed by atoms with Crippen LogP contribution < -0.4 is 5.32 Å². The first-order valence-electron chi connectivity index (χ1n) is 4.57. The molecule has 5 heteroatoms. The number of amides is 1. The topological polar surface area (TPSA) is 79.3 Å². The molecule has 0 spiro atoms. The zero-order valence-corrected chi connectivity index (χ0v) is 8.14. The summed E-state index contributed by atoms with van der Waals surface area (Å²) >= 11 is 0. The van der Waals surface area contributed by atoms with Crippen molar-refractivity contribution in [3.8, 4) is 0 Å². The van der Waals surface area contributed by atoms with Crippen molar-refractivity contribution < 1.29 is 14.7 Å². The number of hydrogen-bond acceptors (Lipinski definition) is 3. The van der Waals surface area contributed by atoms with E-state index in [1.165, 1.54) is 0 Å². The van der Waals surface area contributed by atoms with Gasteiger partial charge in [0.25, 0.3) is 0 Å². The van der Waals surface area contributed by atoms with Crippen LogP contribution in [0.5, 0.6) is 0 Å². The molecule has 0 aliphatic heterocycles. The molecule has 0 unspecified atom stereocenters. The van der Waals surface area contributed by atoms with Gasteiger partial charge in [-0.1, -0.05) is 6.07 Å². The van der Waals surface area contributed by atoms with Crippen LogP contribution in [0.4, 0.5) is 0 Å². The molecule has 0 aromatic carbocycles. The monoisotopic (exact) mass is 208 g/mol. The van der Waals surface area contributed by atoms with Gasteiger partial charge in [0, 0.05) is 18.3 Å². The standard InChI is InChI=1S/C10H12N2O3/c13-9(12-7-10(14)15)5-4-8-3-1-2-6-11-8/h1-3,6H,4-5,7H2,(H,12,13)(H,14,15). The summed E-state index contributed by atoms with van der Waals surface area (Å²) in [6, 6.07) is 5.47. The largest absolute Gasteiger partial charge is 0.480 e. The Bertz CT molecular complexity index is 338. The lowest BCUT2D eigenvalue weighted by Crippen LogP contribution is -2.29. The van der Waals surface area contributed by atoms with Crippen molar-refractivity contribution in [3.63, 3.8) is 0 Å². The quantitative estimate of drug-likeness (QED) is 0.725. The van der Waals surface area contributed by atoms with Gasteiger partial charge in [0.15, 0.2) is 0 Å². The van der Waals surface area contributed by atoms with Crippen LogP contribution in [0.25, 0.3) is 0 Å². The number of hydrogen-bond donors (Lipinski definition) is 2. The fourth-order valence-electron chi connectivity index (χ4n) is 1.05. The molecule has 1 aromatic rings. The number of nitrogens with zero attached hydrogens (tertiary/aromatic N) is 1. The van der Waals surface area contributed by atoms with Crippen molar-refractivity contribution in [3.05, 3.63) is 30.1 Å². The van der Waals surface area contributed by atoms with Gasteiger partial charge in [-0.25, -0.2) is 0 Å². The second kappa shape index (κ2) is 5.74. The fraction of sp³-hybridized carbons (Fsp3) is 0.300. The summed E-state index contributed by atoms with van der Waals surface area (Å²) in [5.74, 6) is -1.32. The lowest BCUT2D eigenvalue weighted by atomic mass is 10.2. The SMILES string of the molecule is O=C(O)CNC(=O)CCc1ccccn1. The Morgan fingerprint density at radius 3 is 2.80 bits per heavy atom. The van der Waals surface area contributed by atoms with Crippen LogP contribution in [0, 0.1) is 0 Å². The van der Waals surface area contributed by atoms with E-state index in [-0.39, 0.29) is 18.9 Å². The molecule has 0 atom stereocenters. The number of nitrogens with one attached hydrogen (secondary N) is 1. The summed E-state index contributed by atoms with van der Waals surface area (Å²) in [6.07, 6.45) is 2.43. The van der Waals surface area contributed by atoms with E-state index in [2.05, 4.69) is 10.3 Å². The number of rotatable bonds is 5. The van der Waals surface area contributed by atoms with Crippen LogP contribution in [0.15, 0.2) is 24.4 Å². The maximum absolute atomic E-state index is 11.1. The van der Waals surface area contributed by atoms with Crippen molar-refractivity contribution >= 4 is 11.9 Å². The Labute approximate surface area is 87.1 Å². The number of carbonyl (C=O) groups is 2. The third-order valence-corrected chi connectivity index (χ3v) is 1.77. The number of aryl methyl sites for hydroxylation is 1. The van der Waals surface area contributed by atoms with E-state index in [1.807, 2.05) is 12.1 Å². The molecule has 1 aromatic heterocycles. The van der Waals surface area contributed by atoms with E-state index >= 15 is 0 Å². The maximum Gasteiger partial charge on any atom is 0.322 e. The van der Waals surface area contributed by atoms with Gasteiger partial charge in [0.2, 0.25) is 5.91 Å². The molecule has 2 N–H and O–H groups in total. The van der Waals surface area contributed by atoms with Crippen molar-refractivity contribution in [2.75, 3.05) is 6.54 Å². The second-order valence-corrected chi connectivity index (χ2v) is 2.99. The summed E-state index contributed by atoms with van der Waals surface area (Å²) < 4.78 is 0. The maximum atomic E-state index is 11.1. The van der Waals surface area contributed by atoms with Gasteiger partial charge in [-0.05, 0) is 18.6 Å². The lowest BCUT2D eigenvalue weighted by Gasteiger charge is -2.01. The Morgan fingerprint density at radius 1 is 1.40 bits per heavy atom. The van der Waals surface area contributed by atoms with Crippen LogP contribution >= 0.6 is 0 Å². The first kappa shape index (κ1) is 11.2. The number of aliphatic carboxylic acids is 1. The molecule has 0 saturated heterocycles. The smallest absolute Gasteiger partial charge is 0.322 e. The molecule has 0 aliphatic carbocycles. The molecule has 0 radical (unpaired) electrons. The third kappa shape index (κ3) is 4.75. The Morgan fingerprint density at radius 2 is 2.20 bits per heavy atom. The van der Waals surface area contributed by atoms with Crippen molar-refractivity contribution in [2.45, 2.75) is 12.8 Å². The Balaban J connectivity index is 2.26. The minimum absolute atomic E-state index is 0.254. The van der Waals surface area contributed by atoms with Crippen molar-refractivity contribution in [1.82, 2.24) is 10.3 Å². The van der Waals surface area contributed by atoms with Gasteiger partial charge >= 0.3 is 5.97 Å². The number of aromatic nitrogens is 1. The highest BCUT2D eigenvalue weighted by molar-refractivity contribution is 5.81. The minimum atomic E-state index is -1.04. The third-order valence-electron chi connectivity index (χ3n) is 1.77. The molecule has 0 aliphatic rings. The lowest BCUT2D eigenvalue weighted by molar-refractivity contribution is -0.137. The number of pyridine rings is 1. The van der Waals surface area contributed by atoms with Gasteiger partial charge < -0.3 is 10.4 Å². The van der Waals surface area contributed by atoms with E-state index in [1.54, 1.807) is 12.3 Å². The van der Waals surface area contributed by atoms with Gasteiger partial charge in [0.1, 0.15) is 6.54 Å². The molecule has 0 bridgehead atoms. The highest BCUT2D eigenvalue weighted by Gasteiger charge is 2.04. The molecule has 1 rings (SSSR count). The number of carbonyl (C=O) groups excluding carboxylic acids is 1. The normalized spacial score (nSPS) is 9.60. The first-order valence-corrected chi connectivity index (χ1v) is 4.57. The molecule has 15 heavy (non-hydrogen) atoms. The van der Waals surface area contributed by atoms with Gasteiger partial charge in [-0.3, -0.25) is 14.6 Å². The van der Waals surface area contributed by atoms with E-state index in [4.69, 9.17) is 5.11 Å². The van der Waals surface area contributed by atoms with Crippen LogP contribution in [-0.2, 0) is 16.0 Å². The van der Waals surface area contributed by atoms with Crippen molar-refractivity contribution in [2.24, 2.45) is 0 Å². The molecule has 5 nitrogen and oxygen atoms in total. The highest BCUT2D eigenvalue weighted by atomic mass is 16.4. The first-order chi connectivity index (χ1) is 7.18. The average molecular weight is 208 g/mol. The summed E-state index contributed by atoms with van der Waals surface area (Å²) in [5, 5.41) is 10.6. The van der Waals surface area contributed by atoms with E-state index in [9.17, 15) is 9.59 Å². The molecule has 0 saturated carbocycles. The molecule has 0 fully saturated rings. The van der Waals surface area contributed by atoms with Crippen LogP contribution in [-0.4, -0.2) is 28.5 Å².